The van der Waals surface area contributed by atoms with Crippen molar-refractivity contribution in [3.05, 3.63) is 28.8 Å². The van der Waals surface area contributed by atoms with Gasteiger partial charge in [0.1, 0.15) is 0 Å². The molecule has 0 bridgehead atoms. The normalized spacial score (nSPS) is 11.3. The second kappa shape index (κ2) is 7.25. The van der Waals surface area contributed by atoms with Crippen molar-refractivity contribution < 1.29 is 0 Å². The average Bonchev–Trinajstić information content (AvgIpc) is 2.26. The zero-order valence-corrected chi connectivity index (χ0v) is 13.2. The van der Waals surface area contributed by atoms with E-state index in [0.29, 0.717) is 17.7 Å². The number of anilines is 1. The molecule has 0 aromatic heterocycles. The molecule has 0 spiro atoms. The lowest BCUT2D eigenvalue weighted by atomic mass is 10.1. The third kappa shape index (κ3) is 4.70. The van der Waals surface area contributed by atoms with Crippen molar-refractivity contribution in [2.75, 3.05) is 18.0 Å². The minimum Gasteiger partial charge on any atom is -0.370 e. The van der Waals surface area contributed by atoms with Gasteiger partial charge in [0.25, 0.3) is 0 Å². The SMILES string of the molecule is CC(C)CN(CC(C)C)c1ccc(CCl)cc1Cl. The van der Waals surface area contributed by atoms with Crippen LogP contribution in [0, 0.1) is 11.8 Å². The van der Waals surface area contributed by atoms with E-state index >= 15 is 0 Å². The monoisotopic (exact) mass is 287 g/mol. The summed E-state index contributed by atoms with van der Waals surface area (Å²) in [4.78, 5) is 2.37. The Morgan fingerprint density at radius 2 is 1.61 bits per heavy atom. The molecule has 1 nitrogen and oxygen atoms in total. The quantitative estimate of drug-likeness (QED) is 0.650. The maximum Gasteiger partial charge on any atom is 0.0642 e. The minimum absolute atomic E-state index is 0.508. The standard InChI is InChI=1S/C15H23Cl2N/c1-11(2)9-18(10-12(3)4)15-6-5-13(8-16)7-14(15)17/h5-7,11-12H,8-10H2,1-4H3. The highest BCUT2D eigenvalue weighted by Gasteiger charge is 2.13. The molecule has 3 heteroatoms. The highest BCUT2D eigenvalue weighted by molar-refractivity contribution is 6.33. The molecule has 0 saturated heterocycles. The molecule has 0 radical (unpaired) electrons. The topological polar surface area (TPSA) is 3.24 Å². The van der Waals surface area contributed by atoms with Gasteiger partial charge in [0.2, 0.25) is 0 Å². The van der Waals surface area contributed by atoms with E-state index in [1.165, 1.54) is 0 Å². The van der Waals surface area contributed by atoms with E-state index in [4.69, 9.17) is 23.2 Å². The van der Waals surface area contributed by atoms with Crippen LogP contribution in [0.5, 0.6) is 0 Å². The lowest BCUT2D eigenvalue weighted by Crippen LogP contribution is -2.31. The van der Waals surface area contributed by atoms with Crippen LogP contribution in [0.1, 0.15) is 33.3 Å². The molecule has 18 heavy (non-hydrogen) atoms. The van der Waals surface area contributed by atoms with Crippen LogP contribution in [-0.2, 0) is 5.88 Å². The molecule has 1 aromatic carbocycles. The van der Waals surface area contributed by atoms with Crippen molar-refractivity contribution in [2.45, 2.75) is 33.6 Å². The molecular weight excluding hydrogens is 265 g/mol. The van der Waals surface area contributed by atoms with E-state index < -0.39 is 0 Å². The van der Waals surface area contributed by atoms with Crippen LogP contribution in [0.25, 0.3) is 0 Å². The molecule has 1 aromatic rings. The average molecular weight is 288 g/mol. The Morgan fingerprint density at radius 1 is 1.06 bits per heavy atom. The Morgan fingerprint density at radius 3 is 2.00 bits per heavy atom. The second-order valence-corrected chi connectivity index (χ2v) is 6.29. The lowest BCUT2D eigenvalue weighted by Gasteiger charge is -2.29. The lowest BCUT2D eigenvalue weighted by molar-refractivity contribution is 0.553. The molecule has 0 unspecified atom stereocenters. The Bertz CT molecular complexity index is 365. The second-order valence-electron chi connectivity index (χ2n) is 5.61. The summed E-state index contributed by atoms with van der Waals surface area (Å²) >= 11 is 12.2. The van der Waals surface area contributed by atoms with Gasteiger partial charge >= 0.3 is 0 Å². The maximum absolute atomic E-state index is 6.37. The van der Waals surface area contributed by atoms with Gasteiger partial charge in [0, 0.05) is 19.0 Å². The van der Waals surface area contributed by atoms with Crippen LogP contribution < -0.4 is 4.90 Å². The van der Waals surface area contributed by atoms with Gasteiger partial charge in [0.05, 0.1) is 10.7 Å². The van der Waals surface area contributed by atoms with E-state index in [9.17, 15) is 0 Å². The molecule has 0 amide bonds. The first-order chi connectivity index (χ1) is 8.43. The van der Waals surface area contributed by atoms with Gasteiger partial charge in [-0.05, 0) is 29.5 Å². The number of hydrogen-bond acceptors (Lipinski definition) is 1. The van der Waals surface area contributed by atoms with E-state index in [1.807, 2.05) is 6.07 Å². The maximum atomic E-state index is 6.37. The van der Waals surface area contributed by atoms with Crippen molar-refractivity contribution in [3.63, 3.8) is 0 Å². The predicted molar refractivity (Wildman–Crippen MR) is 82.9 cm³/mol. The molecular formula is C15H23Cl2N. The fraction of sp³-hybridized carbons (Fsp3) is 0.600. The smallest absolute Gasteiger partial charge is 0.0642 e. The number of halogens is 2. The Balaban J connectivity index is 2.96. The minimum atomic E-state index is 0.508. The van der Waals surface area contributed by atoms with Crippen molar-refractivity contribution in [3.8, 4) is 0 Å². The third-order valence-corrected chi connectivity index (χ3v) is 3.29. The van der Waals surface area contributed by atoms with Gasteiger partial charge < -0.3 is 4.90 Å². The van der Waals surface area contributed by atoms with E-state index in [1.54, 1.807) is 0 Å². The number of benzene rings is 1. The molecule has 0 aliphatic carbocycles. The summed E-state index contributed by atoms with van der Waals surface area (Å²) in [6, 6.07) is 6.12. The van der Waals surface area contributed by atoms with E-state index in [-0.39, 0.29) is 0 Å². The molecule has 0 saturated carbocycles. The van der Waals surface area contributed by atoms with Gasteiger partial charge in [-0.1, -0.05) is 45.4 Å². The van der Waals surface area contributed by atoms with Crippen LogP contribution in [0.15, 0.2) is 18.2 Å². The first-order valence-electron chi connectivity index (χ1n) is 6.53. The Hall–Kier alpha value is -0.400. The molecule has 0 N–H and O–H groups in total. The highest BCUT2D eigenvalue weighted by atomic mass is 35.5. The summed E-state index contributed by atoms with van der Waals surface area (Å²) in [5, 5.41) is 0.800. The summed E-state index contributed by atoms with van der Waals surface area (Å²) in [5.74, 6) is 1.74. The zero-order valence-electron chi connectivity index (χ0n) is 11.7. The van der Waals surface area contributed by atoms with Crippen molar-refractivity contribution >= 4 is 28.9 Å². The van der Waals surface area contributed by atoms with Gasteiger partial charge in [-0.3, -0.25) is 0 Å². The largest absolute Gasteiger partial charge is 0.370 e. The molecule has 0 aliphatic rings. The van der Waals surface area contributed by atoms with Gasteiger partial charge in [0.15, 0.2) is 0 Å². The molecule has 0 atom stereocenters. The van der Waals surface area contributed by atoms with Crippen molar-refractivity contribution in [2.24, 2.45) is 11.8 Å². The van der Waals surface area contributed by atoms with E-state index in [0.717, 1.165) is 29.4 Å². The van der Waals surface area contributed by atoms with Crippen molar-refractivity contribution in [1.82, 2.24) is 0 Å². The van der Waals surface area contributed by atoms with Crippen LogP contribution in [0.4, 0.5) is 5.69 Å². The first kappa shape index (κ1) is 15.7. The highest BCUT2D eigenvalue weighted by Crippen LogP contribution is 2.28. The molecule has 0 fully saturated rings. The molecule has 0 heterocycles. The number of hydrogen-bond donors (Lipinski definition) is 0. The van der Waals surface area contributed by atoms with Crippen LogP contribution in [0.3, 0.4) is 0 Å². The fourth-order valence-corrected chi connectivity index (χ4v) is 2.53. The molecule has 102 valence electrons. The summed E-state index contributed by atoms with van der Waals surface area (Å²) in [6.45, 7) is 11.0. The van der Waals surface area contributed by atoms with Crippen LogP contribution in [0.2, 0.25) is 5.02 Å². The molecule has 1 rings (SSSR count). The summed E-state index contributed by atoms with van der Waals surface area (Å²) < 4.78 is 0. The van der Waals surface area contributed by atoms with Gasteiger partial charge in [-0.15, -0.1) is 11.6 Å². The van der Waals surface area contributed by atoms with Crippen LogP contribution >= 0.6 is 23.2 Å². The third-order valence-electron chi connectivity index (χ3n) is 2.68. The Labute approximate surface area is 121 Å². The number of alkyl halides is 1. The molecule has 0 aliphatic heterocycles. The Kier molecular flexibility index (Phi) is 6.31. The summed E-state index contributed by atoms with van der Waals surface area (Å²) in [6.07, 6.45) is 0. The van der Waals surface area contributed by atoms with Crippen LogP contribution in [-0.4, -0.2) is 13.1 Å². The summed E-state index contributed by atoms with van der Waals surface area (Å²) in [5.41, 5.74) is 2.19. The van der Waals surface area contributed by atoms with Gasteiger partial charge in [-0.2, -0.15) is 0 Å². The fourth-order valence-electron chi connectivity index (χ4n) is 2.04. The first-order valence-corrected chi connectivity index (χ1v) is 7.44. The van der Waals surface area contributed by atoms with Gasteiger partial charge in [-0.25, -0.2) is 0 Å². The summed E-state index contributed by atoms with van der Waals surface area (Å²) in [7, 11) is 0. The predicted octanol–water partition coefficient (Wildman–Crippen LogP) is 5.20. The zero-order chi connectivity index (χ0) is 13.7. The number of rotatable bonds is 6. The van der Waals surface area contributed by atoms with E-state index in [2.05, 4.69) is 44.7 Å². The van der Waals surface area contributed by atoms with Crippen molar-refractivity contribution in [1.29, 1.82) is 0 Å². The number of nitrogens with zero attached hydrogens (tertiary/aromatic N) is 1.